The molecule has 0 aliphatic carbocycles. The highest BCUT2D eigenvalue weighted by Gasteiger charge is 2.10. The van der Waals surface area contributed by atoms with Crippen LogP contribution in [0.4, 0.5) is 5.95 Å². The Bertz CT molecular complexity index is 843. The minimum atomic E-state index is -0.0113. The second kappa shape index (κ2) is 8.15. The Balaban J connectivity index is 1.50. The SMILES string of the molecule is COc1ccc(C(=O)CSc2n[nH]c(N/N=C\c3ccco3)n2)cc1. The first-order valence-electron chi connectivity index (χ1n) is 7.29. The summed E-state index contributed by atoms with van der Waals surface area (Å²) in [6, 6.07) is 10.5. The first kappa shape index (κ1) is 16.8. The van der Waals surface area contributed by atoms with Crippen molar-refractivity contribution in [3.63, 3.8) is 0 Å². The summed E-state index contributed by atoms with van der Waals surface area (Å²) in [4.78, 5) is 16.3. The van der Waals surface area contributed by atoms with Crippen molar-refractivity contribution in [2.75, 3.05) is 18.3 Å². The molecule has 0 unspecified atom stereocenters. The predicted octanol–water partition coefficient (Wildman–Crippen LogP) is 2.83. The lowest BCUT2D eigenvalue weighted by Gasteiger charge is -2.01. The molecule has 2 aromatic heterocycles. The van der Waals surface area contributed by atoms with E-state index in [0.717, 1.165) is 0 Å². The molecule has 0 radical (unpaired) electrons. The van der Waals surface area contributed by atoms with Crippen LogP contribution in [0.25, 0.3) is 0 Å². The van der Waals surface area contributed by atoms with Gasteiger partial charge in [0.15, 0.2) is 5.78 Å². The van der Waals surface area contributed by atoms with Crippen molar-refractivity contribution in [3.8, 4) is 5.75 Å². The third-order valence-corrected chi connectivity index (χ3v) is 3.96. The number of carbonyl (C=O) groups is 1. The highest BCUT2D eigenvalue weighted by atomic mass is 32.2. The Hall–Kier alpha value is -3.07. The fraction of sp³-hybridized carbons (Fsp3) is 0.125. The molecule has 0 saturated carbocycles. The standard InChI is InChI=1S/C16H15N5O3S/c1-23-12-6-4-11(5-7-12)14(22)10-25-16-18-15(20-21-16)19-17-9-13-3-2-8-24-13/h2-9H,10H2,1H3,(H2,18,19,20,21)/b17-9-. The number of rotatable bonds is 8. The van der Waals surface area contributed by atoms with Gasteiger partial charge in [0.1, 0.15) is 11.5 Å². The molecule has 0 aliphatic rings. The van der Waals surface area contributed by atoms with Gasteiger partial charge < -0.3 is 9.15 Å². The molecular weight excluding hydrogens is 342 g/mol. The topological polar surface area (TPSA) is 105 Å². The molecule has 0 amide bonds. The number of aromatic nitrogens is 3. The van der Waals surface area contributed by atoms with Crippen molar-refractivity contribution < 1.29 is 13.9 Å². The van der Waals surface area contributed by atoms with Crippen LogP contribution in [0, 0.1) is 0 Å². The number of hydrazone groups is 1. The van der Waals surface area contributed by atoms with Gasteiger partial charge in [-0.2, -0.15) is 10.1 Å². The van der Waals surface area contributed by atoms with Crippen LogP contribution in [-0.4, -0.2) is 40.0 Å². The molecule has 2 N–H and O–H groups in total. The summed E-state index contributed by atoms with van der Waals surface area (Å²) < 4.78 is 10.2. The van der Waals surface area contributed by atoms with Crippen molar-refractivity contribution in [3.05, 3.63) is 54.0 Å². The number of thioether (sulfide) groups is 1. The van der Waals surface area contributed by atoms with Crippen LogP contribution in [-0.2, 0) is 0 Å². The summed E-state index contributed by atoms with van der Waals surface area (Å²) in [5.74, 6) is 1.93. The number of aromatic amines is 1. The molecule has 128 valence electrons. The lowest BCUT2D eigenvalue weighted by Crippen LogP contribution is -2.02. The zero-order chi connectivity index (χ0) is 17.5. The number of furan rings is 1. The van der Waals surface area contributed by atoms with Crippen LogP contribution < -0.4 is 10.2 Å². The van der Waals surface area contributed by atoms with E-state index in [1.807, 2.05) is 0 Å². The minimum Gasteiger partial charge on any atom is -0.497 e. The van der Waals surface area contributed by atoms with E-state index in [2.05, 4.69) is 25.7 Å². The molecule has 0 atom stereocenters. The van der Waals surface area contributed by atoms with E-state index in [4.69, 9.17) is 9.15 Å². The van der Waals surface area contributed by atoms with Gasteiger partial charge in [0.05, 0.1) is 25.3 Å². The van der Waals surface area contributed by atoms with Crippen molar-refractivity contribution >= 4 is 29.7 Å². The van der Waals surface area contributed by atoms with E-state index in [1.165, 1.54) is 18.0 Å². The first-order chi connectivity index (χ1) is 12.2. The number of ether oxygens (including phenoxy) is 1. The summed E-state index contributed by atoms with van der Waals surface area (Å²) in [5, 5.41) is 11.1. The van der Waals surface area contributed by atoms with Crippen molar-refractivity contribution in [2.45, 2.75) is 5.16 Å². The molecule has 0 spiro atoms. The van der Waals surface area contributed by atoms with Gasteiger partial charge in [0.2, 0.25) is 11.1 Å². The molecule has 0 bridgehead atoms. The number of nitrogens with zero attached hydrogens (tertiary/aromatic N) is 3. The van der Waals surface area contributed by atoms with Crippen LogP contribution in [0.15, 0.2) is 57.3 Å². The van der Waals surface area contributed by atoms with Crippen LogP contribution in [0.3, 0.4) is 0 Å². The first-order valence-corrected chi connectivity index (χ1v) is 8.28. The predicted molar refractivity (Wildman–Crippen MR) is 94.4 cm³/mol. The van der Waals surface area contributed by atoms with Gasteiger partial charge in [-0.05, 0) is 36.4 Å². The van der Waals surface area contributed by atoms with Crippen molar-refractivity contribution in [1.82, 2.24) is 15.2 Å². The number of nitrogens with one attached hydrogen (secondary N) is 2. The molecule has 3 aromatic rings. The Labute approximate surface area is 147 Å². The van der Waals surface area contributed by atoms with Crippen LogP contribution in [0.1, 0.15) is 16.1 Å². The molecule has 8 nitrogen and oxygen atoms in total. The maximum Gasteiger partial charge on any atom is 0.240 e. The fourth-order valence-corrected chi connectivity index (χ4v) is 2.57. The molecule has 3 rings (SSSR count). The van der Waals surface area contributed by atoms with Gasteiger partial charge in [0, 0.05) is 5.56 Å². The van der Waals surface area contributed by atoms with E-state index in [1.54, 1.807) is 49.8 Å². The molecule has 0 fully saturated rings. The largest absolute Gasteiger partial charge is 0.497 e. The summed E-state index contributed by atoms with van der Waals surface area (Å²) >= 11 is 1.24. The number of carbonyl (C=O) groups excluding carboxylic acids is 1. The van der Waals surface area contributed by atoms with Crippen molar-refractivity contribution in [1.29, 1.82) is 0 Å². The number of benzene rings is 1. The average molecular weight is 357 g/mol. The molecule has 0 aliphatic heterocycles. The molecule has 25 heavy (non-hydrogen) atoms. The summed E-state index contributed by atoms with van der Waals surface area (Å²) in [7, 11) is 1.58. The van der Waals surface area contributed by atoms with Crippen molar-refractivity contribution in [2.24, 2.45) is 5.10 Å². The number of ketones is 1. The quantitative estimate of drug-likeness (QED) is 0.276. The maximum absolute atomic E-state index is 12.2. The number of hydrogen-bond donors (Lipinski definition) is 2. The minimum absolute atomic E-state index is 0.0113. The second-order valence-corrected chi connectivity index (χ2v) is 5.73. The summed E-state index contributed by atoms with van der Waals surface area (Å²) in [6.07, 6.45) is 3.08. The number of H-pyrrole nitrogens is 1. The van der Waals surface area contributed by atoms with Gasteiger partial charge in [-0.25, -0.2) is 10.5 Å². The lowest BCUT2D eigenvalue weighted by molar-refractivity contribution is 0.102. The lowest BCUT2D eigenvalue weighted by atomic mass is 10.1. The second-order valence-electron chi connectivity index (χ2n) is 4.79. The van der Waals surface area contributed by atoms with Gasteiger partial charge in [-0.3, -0.25) is 4.79 Å². The Morgan fingerprint density at radius 3 is 2.96 bits per heavy atom. The van der Waals surface area contributed by atoms with Gasteiger partial charge in [-0.15, -0.1) is 5.10 Å². The van der Waals surface area contributed by atoms with Gasteiger partial charge in [-0.1, -0.05) is 11.8 Å². The molecule has 9 heteroatoms. The maximum atomic E-state index is 12.2. The van der Waals surface area contributed by atoms with Gasteiger partial charge in [0.25, 0.3) is 0 Å². The zero-order valence-corrected chi connectivity index (χ0v) is 14.1. The van der Waals surface area contributed by atoms with E-state index in [9.17, 15) is 4.79 Å². The number of hydrogen-bond acceptors (Lipinski definition) is 8. The normalized spacial score (nSPS) is 10.9. The number of Topliss-reactive ketones (excluding diaryl/α,β-unsaturated/α-hetero) is 1. The molecule has 1 aromatic carbocycles. The average Bonchev–Trinajstić information content (AvgIpc) is 3.32. The highest BCUT2D eigenvalue weighted by Crippen LogP contribution is 2.18. The Kier molecular flexibility index (Phi) is 5.47. The zero-order valence-electron chi connectivity index (χ0n) is 13.3. The van der Waals surface area contributed by atoms with E-state index in [0.29, 0.717) is 28.2 Å². The van der Waals surface area contributed by atoms with E-state index < -0.39 is 0 Å². The van der Waals surface area contributed by atoms with Gasteiger partial charge >= 0.3 is 0 Å². The smallest absolute Gasteiger partial charge is 0.240 e. The highest BCUT2D eigenvalue weighted by molar-refractivity contribution is 7.99. The van der Waals surface area contributed by atoms with E-state index in [-0.39, 0.29) is 11.5 Å². The monoisotopic (exact) mass is 357 g/mol. The summed E-state index contributed by atoms with van der Waals surface area (Å²) in [6.45, 7) is 0. The number of anilines is 1. The third kappa shape index (κ3) is 4.70. The summed E-state index contributed by atoms with van der Waals surface area (Å²) in [5.41, 5.74) is 3.32. The fourth-order valence-electron chi connectivity index (χ4n) is 1.87. The molecule has 0 saturated heterocycles. The van der Waals surface area contributed by atoms with Crippen LogP contribution >= 0.6 is 11.8 Å². The van der Waals surface area contributed by atoms with Crippen LogP contribution in [0.5, 0.6) is 5.75 Å². The van der Waals surface area contributed by atoms with Crippen LogP contribution in [0.2, 0.25) is 0 Å². The van der Waals surface area contributed by atoms with E-state index >= 15 is 0 Å². The third-order valence-electron chi connectivity index (χ3n) is 3.11. The molecule has 2 heterocycles. The number of methoxy groups -OCH3 is 1. The Morgan fingerprint density at radius 2 is 2.24 bits per heavy atom. The Morgan fingerprint density at radius 1 is 1.40 bits per heavy atom. The molecular formula is C16H15N5O3S.